The van der Waals surface area contributed by atoms with Crippen LogP contribution in [0.2, 0.25) is 0 Å². The molecule has 1 amide bonds. The fourth-order valence-corrected chi connectivity index (χ4v) is 2.29. The van der Waals surface area contributed by atoms with Gasteiger partial charge in [-0.15, -0.1) is 0 Å². The topological polar surface area (TPSA) is 85.3 Å². The van der Waals surface area contributed by atoms with Crippen molar-refractivity contribution in [3.8, 4) is 11.5 Å². The summed E-state index contributed by atoms with van der Waals surface area (Å²) in [6.07, 6.45) is 2.12. The van der Waals surface area contributed by atoms with Gasteiger partial charge in [-0.05, 0) is 23.8 Å². The number of hydrogen-bond donors (Lipinski definition) is 1. The zero-order valence-corrected chi connectivity index (χ0v) is 11.7. The molecule has 0 saturated carbocycles. The summed E-state index contributed by atoms with van der Waals surface area (Å²) in [5.41, 5.74) is 0.806. The van der Waals surface area contributed by atoms with Gasteiger partial charge in [0.15, 0.2) is 17.6 Å². The van der Waals surface area contributed by atoms with Crippen LogP contribution < -0.4 is 9.47 Å². The molecule has 1 unspecified atom stereocenters. The molecule has 1 aromatic carbocycles. The van der Waals surface area contributed by atoms with Crippen LogP contribution in [0.25, 0.3) is 6.08 Å². The third kappa shape index (κ3) is 3.04. The average molecular weight is 305 g/mol. The molecule has 7 nitrogen and oxygen atoms in total. The van der Waals surface area contributed by atoms with E-state index in [0.29, 0.717) is 18.0 Å². The van der Waals surface area contributed by atoms with Crippen molar-refractivity contribution in [3.63, 3.8) is 0 Å². The van der Waals surface area contributed by atoms with Crippen LogP contribution in [0, 0.1) is 0 Å². The lowest BCUT2D eigenvalue weighted by Crippen LogP contribution is -2.48. The van der Waals surface area contributed by atoms with Crippen LogP contribution in [-0.4, -0.2) is 54.5 Å². The number of carbonyl (C=O) groups is 2. The van der Waals surface area contributed by atoms with Crippen molar-refractivity contribution >= 4 is 18.0 Å². The molecule has 2 aliphatic rings. The first-order chi connectivity index (χ1) is 10.6. The number of carbonyl (C=O) groups excluding carboxylic acids is 1. The lowest BCUT2D eigenvalue weighted by molar-refractivity contribution is -0.158. The zero-order chi connectivity index (χ0) is 15.5. The maximum absolute atomic E-state index is 12.1. The summed E-state index contributed by atoms with van der Waals surface area (Å²) in [6.45, 7) is 0.861. The number of benzene rings is 1. The molecule has 22 heavy (non-hydrogen) atoms. The van der Waals surface area contributed by atoms with Crippen LogP contribution >= 0.6 is 0 Å². The number of morpholine rings is 1. The van der Waals surface area contributed by atoms with E-state index in [1.54, 1.807) is 18.2 Å². The van der Waals surface area contributed by atoms with Gasteiger partial charge >= 0.3 is 5.97 Å². The predicted octanol–water partition coefficient (Wildman–Crippen LogP) is 0.740. The van der Waals surface area contributed by atoms with E-state index in [1.807, 2.05) is 6.07 Å². The first-order valence-electron chi connectivity index (χ1n) is 6.84. The molecule has 0 aromatic heterocycles. The van der Waals surface area contributed by atoms with Gasteiger partial charge in [-0.3, -0.25) is 4.79 Å². The SMILES string of the molecule is O=C(O)C1CN(C(=O)C=Cc2ccc3c(c2)OCO3)CCO1. The monoisotopic (exact) mass is 305 g/mol. The molecule has 7 heteroatoms. The van der Waals surface area contributed by atoms with Gasteiger partial charge in [-0.25, -0.2) is 4.79 Å². The Kier molecular flexibility index (Phi) is 3.97. The molecule has 2 aliphatic heterocycles. The number of rotatable bonds is 3. The van der Waals surface area contributed by atoms with Gasteiger partial charge in [-0.1, -0.05) is 6.07 Å². The summed E-state index contributed by atoms with van der Waals surface area (Å²) in [6, 6.07) is 5.38. The number of amides is 1. The van der Waals surface area contributed by atoms with Crippen molar-refractivity contribution in [2.24, 2.45) is 0 Å². The second-order valence-electron chi connectivity index (χ2n) is 4.93. The lowest BCUT2D eigenvalue weighted by atomic mass is 10.2. The van der Waals surface area contributed by atoms with Gasteiger partial charge in [0.2, 0.25) is 12.7 Å². The molecule has 0 bridgehead atoms. The fraction of sp³-hybridized carbons (Fsp3) is 0.333. The van der Waals surface area contributed by atoms with Crippen molar-refractivity contribution < 1.29 is 28.9 Å². The largest absolute Gasteiger partial charge is 0.479 e. The number of ether oxygens (including phenoxy) is 3. The van der Waals surface area contributed by atoms with E-state index in [2.05, 4.69) is 0 Å². The third-order valence-electron chi connectivity index (χ3n) is 3.47. The Balaban J connectivity index is 1.64. The highest BCUT2D eigenvalue weighted by molar-refractivity contribution is 5.92. The fourth-order valence-electron chi connectivity index (χ4n) is 2.29. The Morgan fingerprint density at radius 3 is 2.91 bits per heavy atom. The molecule has 1 aromatic rings. The Labute approximate surface area is 126 Å². The van der Waals surface area contributed by atoms with Crippen LogP contribution in [0.3, 0.4) is 0 Å². The first-order valence-corrected chi connectivity index (χ1v) is 6.84. The molecular weight excluding hydrogens is 290 g/mol. The van der Waals surface area contributed by atoms with E-state index in [-0.39, 0.29) is 25.9 Å². The average Bonchev–Trinajstić information content (AvgIpc) is 3.00. The highest BCUT2D eigenvalue weighted by Gasteiger charge is 2.27. The van der Waals surface area contributed by atoms with E-state index < -0.39 is 12.1 Å². The molecular formula is C15H15NO6. The standard InChI is InChI=1S/C15H15NO6/c17-14(16-5-6-20-13(8-16)15(18)19)4-2-10-1-3-11-12(7-10)22-9-21-11/h1-4,7,13H,5-6,8-9H2,(H,18,19). The predicted molar refractivity (Wildman–Crippen MR) is 75.6 cm³/mol. The number of fused-ring (bicyclic) bond motifs is 1. The molecule has 1 saturated heterocycles. The maximum Gasteiger partial charge on any atom is 0.334 e. The molecule has 1 N–H and O–H groups in total. The normalized spacial score (nSPS) is 20.4. The second-order valence-corrected chi connectivity index (χ2v) is 4.93. The van der Waals surface area contributed by atoms with E-state index in [4.69, 9.17) is 19.3 Å². The van der Waals surface area contributed by atoms with Crippen LogP contribution in [0.1, 0.15) is 5.56 Å². The molecule has 2 heterocycles. The van der Waals surface area contributed by atoms with Crippen molar-refractivity contribution in [2.45, 2.75) is 6.10 Å². The number of carboxylic acids is 1. The molecule has 1 atom stereocenters. The summed E-state index contributed by atoms with van der Waals surface area (Å²) in [7, 11) is 0. The van der Waals surface area contributed by atoms with Crippen LogP contribution in [-0.2, 0) is 14.3 Å². The summed E-state index contributed by atoms with van der Waals surface area (Å²) >= 11 is 0. The van der Waals surface area contributed by atoms with Gasteiger partial charge in [-0.2, -0.15) is 0 Å². The number of nitrogens with zero attached hydrogens (tertiary/aromatic N) is 1. The van der Waals surface area contributed by atoms with Gasteiger partial charge in [0.1, 0.15) is 0 Å². The lowest BCUT2D eigenvalue weighted by Gasteiger charge is -2.30. The summed E-state index contributed by atoms with van der Waals surface area (Å²) < 4.78 is 15.6. The minimum absolute atomic E-state index is 0.0552. The summed E-state index contributed by atoms with van der Waals surface area (Å²) in [5, 5.41) is 8.93. The highest BCUT2D eigenvalue weighted by Crippen LogP contribution is 2.32. The highest BCUT2D eigenvalue weighted by atomic mass is 16.7. The van der Waals surface area contributed by atoms with Crippen LogP contribution in [0.4, 0.5) is 0 Å². The van der Waals surface area contributed by atoms with Crippen molar-refractivity contribution in [3.05, 3.63) is 29.8 Å². The van der Waals surface area contributed by atoms with Gasteiger partial charge < -0.3 is 24.2 Å². The van der Waals surface area contributed by atoms with Gasteiger partial charge in [0.25, 0.3) is 0 Å². The Morgan fingerprint density at radius 2 is 2.09 bits per heavy atom. The Morgan fingerprint density at radius 1 is 1.27 bits per heavy atom. The molecule has 1 fully saturated rings. The minimum Gasteiger partial charge on any atom is -0.479 e. The minimum atomic E-state index is -1.06. The van der Waals surface area contributed by atoms with E-state index >= 15 is 0 Å². The van der Waals surface area contributed by atoms with Crippen molar-refractivity contribution in [2.75, 3.05) is 26.5 Å². The number of aliphatic carboxylic acids is 1. The van der Waals surface area contributed by atoms with Gasteiger partial charge in [0, 0.05) is 12.6 Å². The van der Waals surface area contributed by atoms with Crippen LogP contribution in [0.5, 0.6) is 11.5 Å². The van der Waals surface area contributed by atoms with Gasteiger partial charge in [0.05, 0.1) is 13.2 Å². The molecule has 0 radical (unpaired) electrons. The van der Waals surface area contributed by atoms with E-state index in [0.717, 1.165) is 5.56 Å². The van der Waals surface area contributed by atoms with Crippen LogP contribution in [0.15, 0.2) is 24.3 Å². The summed E-state index contributed by atoms with van der Waals surface area (Å²) in [4.78, 5) is 24.5. The first kappa shape index (κ1) is 14.4. The maximum atomic E-state index is 12.1. The Bertz CT molecular complexity index is 626. The number of carboxylic acid groups (broad SMARTS) is 1. The van der Waals surface area contributed by atoms with E-state index in [1.165, 1.54) is 11.0 Å². The summed E-state index contributed by atoms with van der Waals surface area (Å²) in [5.74, 6) is 0.0253. The third-order valence-corrected chi connectivity index (χ3v) is 3.47. The van der Waals surface area contributed by atoms with Crippen molar-refractivity contribution in [1.82, 2.24) is 4.90 Å². The smallest absolute Gasteiger partial charge is 0.334 e. The molecule has 0 spiro atoms. The molecule has 116 valence electrons. The number of hydrogen-bond acceptors (Lipinski definition) is 5. The second kappa shape index (κ2) is 6.07. The molecule has 3 rings (SSSR count). The quantitative estimate of drug-likeness (QED) is 0.829. The van der Waals surface area contributed by atoms with E-state index in [9.17, 15) is 9.59 Å². The zero-order valence-electron chi connectivity index (χ0n) is 11.7. The Hall–Kier alpha value is -2.54. The van der Waals surface area contributed by atoms with Crippen molar-refractivity contribution in [1.29, 1.82) is 0 Å². The molecule has 0 aliphatic carbocycles.